The van der Waals surface area contributed by atoms with Gasteiger partial charge < -0.3 is 0 Å². The summed E-state index contributed by atoms with van der Waals surface area (Å²) in [5.74, 6) is -0.604. The monoisotopic (exact) mass is 491 g/mol. The second-order valence-corrected chi connectivity index (χ2v) is 9.79. The quantitative estimate of drug-likeness (QED) is 0.324. The molecule has 0 saturated carbocycles. The summed E-state index contributed by atoms with van der Waals surface area (Å²) >= 11 is 5.96. The zero-order chi connectivity index (χ0) is 23.7. The lowest BCUT2D eigenvalue weighted by Crippen LogP contribution is -2.41. The highest BCUT2D eigenvalue weighted by Crippen LogP contribution is 2.46. The van der Waals surface area contributed by atoms with Crippen LogP contribution in [0, 0.1) is 0 Å². The molecular formula is C24H18ClN5O3S. The zero-order valence-corrected chi connectivity index (χ0v) is 19.2. The van der Waals surface area contributed by atoms with Crippen LogP contribution in [0.5, 0.6) is 0 Å². The van der Waals surface area contributed by atoms with Gasteiger partial charge in [0.2, 0.25) is 0 Å². The van der Waals surface area contributed by atoms with Crippen molar-refractivity contribution in [2.24, 2.45) is 5.10 Å². The molecule has 0 unspecified atom stereocenters. The van der Waals surface area contributed by atoms with Crippen molar-refractivity contribution in [3.05, 3.63) is 89.4 Å². The number of rotatable bonds is 5. The first-order chi connectivity index (χ1) is 16.4. The summed E-state index contributed by atoms with van der Waals surface area (Å²) in [6, 6.07) is 22.8. The average Bonchev–Trinajstić information content (AvgIpc) is 3.27. The molecule has 0 bridgehead atoms. The van der Waals surface area contributed by atoms with Crippen LogP contribution in [0.25, 0.3) is 22.5 Å². The van der Waals surface area contributed by atoms with Crippen LogP contribution >= 0.6 is 11.6 Å². The third-order valence-electron chi connectivity index (χ3n) is 5.30. The third kappa shape index (κ3) is 3.95. The van der Waals surface area contributed by atoms with Crippen molar-refractivity contribution >= 4 is 39.4 Å². The van der Waals surface area contributed by atoms with Crippen LogP contribution in [-0.2, 0) is 14.8 Å². The molecule has 170 valence electrons. The van der Waals surface area contributed by atoms with Crippen molar-refractivity contribution in [1.82, 2.24) is 15.6 Å². The van der Waals surface area contributed by atoms with E-state index in [1.807, 2.05) is 30.3 Å². The van der Waals surface area contributed by atoms with E-state index in [0.29, 0.717) is 33.2 Å². The molecule has 10 heteroatoms. The van der Waals surface area contributed by atoms with Gasteiger partial charge in [-0.1, -0.05) is 72.3 Å². The third-order valence-corrected chi connectivity index (χ3v) is 7.34. The zero-order valence-electron chi connectivity index (χ0n) is 17.6. The van der Waals surface area contributed by atoms with Gasteiger partial charge in [0.05, 0.1) is 16.8 Å². The van der Waals surface area contributed by atoms with Crippen molar-refractivity contribution in [1.29, 1.82) is 0 Å². The van der Waals surface area contributed by atoms with Crippen LogP contribution in [0.1, 0.15) is 5.56 Å². The summed E-state index contributed by atoms with van der Waals surface area (Å²) in [6.45, 7) is -0.476. The van der Waals surface area contributed by atoms with Crippen molar-refractivity contribution in [3.63, 3.8) is 0 Å². The number of aromatic nitrogens is 2. The minimum Gasteiger partial charge on any atom is -0.275 e. The molecule has 0 atom stereocenters. The number of hydrazone groups is 1. The number of nitrogens with zero attached hydrogens (tertiary/aromatic N) is 3. The highest BCUT2D eigenvalue weighted by molar-refractivity contribution is 7.93. The fraction of sp³-hybridized carbons (Fsp3) is 0.0417. The van der Waals surface area contributed by atoms with E-state index in [-0.39, 0.29) is 4.90 Å². The minimum atomic E-state index is -4.03. The molecule has 1 aliphatic rings. The molecule has 3 aromatic carbocycles. The molecule has 1 amide bonds. The van der Waals surface area contributed by atoms with Crippen LogP contribution in [-0.4, -0.2) is 37.3 Å². The van der Waals surface area contributed by atoms with Gasteiger partial charge in [-0.15, -0.1) is 0 Å². The summed E-state index contributed by atoms with van der Waals surface area (Å²) in [4.78, 5) is 12.9. The van der Waals surface area contributed by atoms with Gasteiger partial charge in [0.25, 0.3) is 15.9 Å². The fourth-order valence-electron chi connectivity index (χ4n) is 3.80. The number of amides is 1. The Morgan fingerprint density at radius 2 is 1.82 bits per heavy atom. The van der Waals surface area contributed by atoms with Gasteiger partial charge in [-0.25, -0.2) is 13.8 Å². The Morgan fingerprint density at radius 3 is 2.62 bits per heavy atom. The Bertz CT molecular complexity index is 1500. The van der Waals surface area contributed by atoms with Gasteiger partial charge in [0.15, 0.2) is 0 Å². The maximum Gasteiger partial charge on any atom is 0.265 e. The molecule has 0 spiro atoms. The molecule has 0 aliphatic carbocycles. The Kier molecular flexibility index (Phi) is 5.64. The molecule has 1 aromatic heterocycles. The molecule has 0 saturated heterocycles. The number of carbonyl (C=O) groups excluding carboxylic acids is 1. The van der Waals surface area contributed by atoms with Gasteiger partial charge in [0.1, 0.15) is 17.9 Å². The molecule has 0 fully saturated rings. The van der Waals surface area contributed by atoms with E-state index in [9.17, 15) is 13.2 Å². The maximum atomic E-state index is 13.6. The number of carbonyl (C=O) groups is 1. The molecule has 4 aromatic rings. The van der Waals surface area contributed by atoms with Gasteiger partial charge in [0, 0.05) is 16.1 Å². The summed E-state index contributed by atoms with van der Waals surface area (Å²) in [5.41, 5.74) is 5.59. The van der Waals surface area contributed by atoms with E-state index < -0.39 is 22.5 Å². The van der Waals surface area contributed by atoms with Crippen LogP contribution < -0.4 is 9.73 Å². The van der Waals surface area contributed by atoms with Crippen LogP contribution in [0.3, 0.4) is 0 Å². The summed E-state index contributed by atoms with van der Waals surface area (Å²) in [7, 11) is -4.03. The normalized spacial score (nSPS) is 14.0. The maximum absolute atomic E-state index is 13.6. The average molecular weight is 492 g/mol. The van der Waals surface area contributed by atoms with Crippen molar-refractivity contribution in [2.45, 2.75) is 4.90 Å². The number of aromatic amines is 1. The van der Waals surface area contributed by atoms with Gasteiger partial charge in [-0.2, -0.15) is 10.2 Å². The van der Waals surface area contributed by atoms with Gasteiger partial charge in [-0.3, -0.25) is 14.2 Å². The van der Waals surface area contributed by atoms with E-state index >= 15 is 0 Å². The molecule has 5 rings (SSSR count). The number of fused-ring (bicyclic) bond motifs is 3. The molecule has 8 nitrogen and oxygen atoms in total. The SMILES string of the molecule is O=C(CN1c2c(-c3ccccc3)n[nH]c2-c2ccccc2S1(=O)=O)N/N=C/c1cccc(Cl)c1. The molecule has 2 heterocycles. The van der Waals surface area contributed by atoms with Crippen LogP contribution in [0.4, 0.5) is 5.69 Å². The number of sulfonamides is 1. The fourth-order valence-corrected chi connectivity index (χ4v) is 5.64. The Morgan fingerprint density at radius 1 is 1.06 bits per heavy atom. The van der Waals surface area contributed by atoms with Crippen molar-refractivity contribution in [2.75, 3.05) is 10.8 Å². The predicted molar refractivity (Wildman–Crippen MR) is 131 cm³/mol. The van der Waals surface area contributed by atoms with Crippen LogP contribution in [0.15, 0.2) is 88.9 Å². The molecular weight excluding hydrogens is 474 g/mol. The first-order valence-corrected chi connectivity index (χ1v) is 12.1. The Balaban J connectivity index is 1.51. The smallest absolute Gasteiger partial charge is 0.265 e. The first-order valence-electron chi connectivity index (χ1n) is 10.3. The highest BCUT2D eigenvalue weighted by Gasteiger charge is 2.39. The van der Waals surface area contributed by atoms with Crippen LogP contribution in [0.2, 0.25) is 5.02 Å². The largest absolute Gasteiger partial charge is 0.275 e. The second-order valence-electron chi connectivity index (χ2n) is 7.52. The predicted octanol–water partition coefficient (Wildman–Crippen LogP) is 4.06. The Hall–Kier alpha value is -3.95. The van der Waals surface area contributed by atoms with E-state index in [1.165, 1.54) is 12.3 Å². The second kappa shape index (κ2) is 8.77. The summed E-state index contributed by atoms with van der Waals surface area (Å²) in [6.07, 6.45) is 1.43. The number of hydrogen-bond acceptors (Lipinski definition) is 5. The number of benzene rings is 3. The van der Waals surface area contributed by atoms with E-state index in [1.54, 1.807) is 42.5 Å². The van der Waals surface area contributed by atoms with Crippen molar-refractivity contribution in [3.8, 4) is 22.5 Å². The molecule has 0 radical (unpaired) electrons. The van der Waals surface area contributed by atoms with E-state index in [0.717, 1.165) is 9.87 Å². The lowest BCUT2D eigenvalue weighted by atomic mass is 10.1. The van der Waals surface area contributed by atoms with Crippen molar-refractivity contribution < 1.29 is 13.2 Å². The summed E-state index contributed by atoms with van der Waals surface area (Å²) in [5, 5.41) is 11.8. The standard InChI is InChI=1S/C24H18ClN5O3S/c25-18-10-6-7-16(13-18)14-26-27-21(31)15-30-24-22(17-8-2-1-3-9-17)28-29-23(24)19-11-4-5-12-20(19)34(30,32)33/h1-14H,15H2,(H,27,31)(H,28,29)/b26-14+. The number of hydrogen-bond donors (Lipinski definition) is 2. The molecule has 34 heavy (non-hydrogen) atoms. The summed E-state index contributed by atoms with van der Waals surface area (Å²) < 4.78 is 28.2. The lowest BCUT2D eigenvalue weighted by Gasteiger charge is -2.29. The number of anilines is 1. The minimum absolute atomic E-state index is 0.0981. The van der Waals surface area contributed by atoms with E-state index in [2.05, 4.69) is 20.7 Å². The molecule has 2 N–H and O–H groups in total. The van der Waals surface area contributed by atoms with E-state index in [4.69, 9.17) is 11.6 Å². The number of H-pyrrole nitrogens is 1. The number of nitrogens with one attached hydrogen (secondary N) is 2. The molecule has 1 aliphatic heterocycles. The lowest BCUT2D eigenvalue weighted by molar-refractivity contribution is -0.119. The highest BCUT2D eigenvalue weighted by atomic mass is 35.5. The topological polar surface area (TPSA) is 108 Å². The van der Waals surface area contributed by atoms with Gasteiger partial charge >= 0.3 is 0 Å². The van der Waals surface area contributed by atoms with Gasteiger partial charge in [-0.05, 0) is 23.8 Å². The Labute approximate surface area is 200 Å². The first kappa shape index (κ1) is 21.9. The number of halogens is 1.